The highest BCUT2D eigenvalue weighted by atomic mass is 15.2. The van der Waals surface area contributed by atoms with Crippen LogP contribution in [0.25, 0.3) is 0 Å². The van der Waals surface area contributed by atoms with E-state index in [1.54, 1.807) is 6.20 Å². The third-order valence-electron chi connectivity index (χ3n) is 2.53. The molecule has 0 spiro atoms. The van der Waals surface area contributed by atoms with Crippen molar-refractivity contribution in [3.05, 3.63) is 54.0 Å². The standard InChI is InChI=1S/C13H16N4/c1-17(10-11-4-3-7-15-9-11)13-6-2-5-12(8-14)16-13/h2-7,9H,8,10,14H2,1H3. The average molecular weight is 228 g/mol. The van der Waals surface area contributed by atoms with Crippen molar-refractivity contribution in [2.75, 3.05) is 11.9 Å². The second kappa shape index (κ2) is 5.41. The summed E-state index contributed by atoms with van der Waals surface area (Å²) in [6.07, 6.45) is 3.64. The lowest BCUT2D eigenvalue weighted by atomic mass is 10.2. The number of rotatable bonds is 4. The van der Waals surface area contributed by atoms with E-state index in [-0.39, 0.29) is 0 Å². The summed E-state index contributed by atoms with van der Waals surface area (Å²) in [4.78, 5) is 10.6. The molecule has 0 radical (unpaired) electrons. The van der Waals surface area contributed by atoms with E-state index in [9.17, 15) is 0 Å². The Balaban J connectivity index is 2.11. The number of anilines is 1. The van der Waals surface area contributed by atoms with Crippen LogP contribution in [-0.2, 0) is 13.1 Å². The summed E-state index contributed by atoms with van der Waals surface area (Å²) < 4.78 is 0. The van der Waals surface area contributed by atoms with Crippen molar-refractivity contribution < 1.29 is 0 Å². The third-order valence-corrected chi connectivity index (χ3v) is 2.53. The lowest BCUT2D eigenvalue weighted by Crippen LogP contribution is -2.18. The first-order valence-electron chi connectivity index (χ1n) is 5.55. The molecule has 2 N–H and O–H groups in total. The molecule has 0 aliphatic carbocycles. The van der Waals surface area contributed by atoms with Crippen LogP contribution in [0.4, 0.5) is 5.82 Å². The molecule has 0 aliphatic heterocycles. The fraction of sp³-hybridized carbons (Fsp3) is 0.231. The van der Waals surface area contributed by atoms with Gasteiger partial charge in [0.05, 0.1) is 5.69 Å². The Morgan fingerprint density at radius 2 is 2.12 bits per heavy atom. The molecule has 0 saturated heterocycles. The molecule has 2 heterocycles. The number of nitrogens with two attached hydrogens (primary N) is 1. The SMILES string of the molecule is CN(Cc1cccnc1)c1cccc(CN)n1. The summed E-state index contributed by atoms with van der Waals surface area (Å²) in [6.45, 7) is 1.25. The van der Waals surface area contributed by atoms with Crippen molar-refractivity contribution in [2.24, 2.45) is 5.73 Å². The van der Waals surface area contributed by atoms with Gasteiger partial charge in [0.25, 0.3) is 0 Å². The van der Waals surface area contributed by atoms with Gasteiger partial charge in [0.15, 0.2) is 0 Å². The zero-order valence-corrected chi connectivity index (χ0v) is 9.87. The maximum absolute atomic E-state index is 5.58. The summed E-state index contributed by atoms with van der Waals surface area (Å²) in [7, 11) is 2.01. The second-order valence-electron chi connectivity index (χ2n) is 3.91. The van der Waals surface area contributed by atoms with E-state index in [1.807, 2.05) is 37.5 Å². The van der Waals surface area contributed by atoms with E-state index < -0.39 is 0 Å². The highest BCUT2D eigenvalue weighted by Crippen LogP contribution is 2.12. The predicted octanol–water partition coefficient (Wildman–Crippen LogP) is 1.57. The van der Waals surface area contributed by atoms with Crippen LogP contribution in [0.15, 0.2) is 42.7 Å². The third kappa shape index (κ3) is 3.01. The van der Waals surface area contributed by atoms with Gasteiger partial charge in [-0.2, -0.15) is 0 Å². The molecule has 0 amide bonds. The first kappa shape index (κ1) is 11.5. The van der Waals surface area contributed by atoms with Gasteiger partial charge >= 0.3 is 0 Å². The van der Waals surface area contributed by atoms with E-state index in [2.05, 4.69) is 20.9 Å². The van der Waals surface area contributed by atoms with Gasteiger partial charge in [-0.1, -0.05) is 12.1 Å². The Labute approximate surface area is 101 Å². The highest BCUT2D eigenvalue weighted by molar-refractivity contribution is 5.39. The molecular formula is C13H16N4. The molecule has 88 valence electrons. The molecule has 0 aromatic carbocycles. The largest absolute Gasteiger partial charge is 0.355 e. The van der Waals surface area contributed by atoms with Gasteiger partial charge in [-0.05, 0) is 23.8 Å². The van der Waals surface area contributed by atoms with Gasteiger partial charge in [-0.25, -0.2) is 4.98 Å². The maximum Gasteiger partial charge on any atom is 0.128 e. The summed E-state index contributed by atoms with van der Waals surface area (Å²) >= 11 is 0. The fourth-order valence-corrected chi connectivity index (χ4v) is 1.64. The van der Waals surface area contributed by atoms with Gasteiger partial charge < -0.3 is 10.6 Å². The van der Waals surface area contributed by atoms with Gasteiger partial charge in [0.2, 0.25) is 0 Å². The van der Waals surface area contributed by atoms with E-state index >= 15 is 0 Å². The molecule has 0 fully saturated rings. The molecule has 0 aliphatic rings. The van der Waals surface area contributed by atoms with Gasteiger partial charge in [-0.15, -0.1) is 0 Å². The number of nitrogens with zero attached hydrogens (tertiary/aromatic N) is 3. The summed E-state index contributed by atoms with van der Waals surface area (Å²) in [6, 6.07) is 9.88. The monoisotopic (exact) mass is 228 g/mol. The lowest BCUT2D eigenvalue weighted by Gasteiger charge is -2.18. The Hall–Kier alpha value is -1.94. The lowest BCUT2D eigenvalue weighted by molar-refractivity contribution is 0.873. The average Bonchev–Trinajstić information content (AvgIpc) is 2.40. The smallest absolute Gasteiger partial charge is 0.128 e. The van der Waals surface area contributed by atoms with Gasteiger partial charge in [0.1, 0.15) is 5.82 Å². The van der Waals surface area contributed by atoms with Crippen molar-refractivity contribution in [1.82, 2.24) is 9.97 Å². The quantitative estimate of drug-likeness (QED) is 0.863. The van der Waals surface area contributed by atoms with Gasteiger partial charge in [0, 0.05) is 32.5 Å². The zero-order valence-electron chi connectivity index (χ0n) is 9.87. The zero-order chi connectivity index (χ0) is 12.1. The van der Waals surface area contributed by atoms with Crippen molar-refractivity contribution in [3.8, 4) is 0 Å². The number of pyridine rings is 2. The minimum absolute atomic E-state index is 0.467. The van der Waals surface area contributed by atoms with Crippen LogP contribution < -0.4 is 10.6 Å². The predicted molar refractivity (Wildman–Crippen MR) is 68.5 cm³/mol. The summed E-state index contributed by atoms with van der Waals surface area (Å²) in [5.41, 5.74) is 7.65. The number of hydrogen-bond donors (Lipinski definition) is 1. The fourth-order valence-electron chi connectivity index (χ4n) is 1.64. The topological polar surface area (TPSA) is 55.0 Å². The molecule has 4 nitrogen and oxygen atoms in total. The van der Waals surface area contributed by atoms with E-state index in [4.69, 9.17) is 5.73 Å². The summed E-state index contributed by atoms with van der Waals surface area (Å²) in [5.74, 6) is 0.928. The second-order valence-corrected chi connectivity index (χ2v) is 3.91. The normalized spacial score (nSPS) is 10.2. The number of hydrogen-bond acceptors (Lipinski definition) is 4. The van der Waals surface area contributed by atoms with Crippen LogP contribution in [0.2, 0.25) is 0 Å². The minimum Gasteiger partial charge on any atom is -0.355 e. The molecule has 0 atom stereocenters. The number of aromatic nitrogens is 2. The highest BCUT2D eigenvalue weighted by Gasteiger charge is 2.04. The molecule has 2 aromatic heterocycles. The van der Waals surface area contributed by atoms with E-state index in [0.717, 1.165) is 23.6 Å². The maximum atomic E-state index is 5.58. The summed E-state index contributed by atoms with van der Waals surface area (Å²) in [5, 5.41) is 0. The minimum atomic E-state index is 0.467. The Morgan fingerprint density at radius 3 is 2.82 bits per heavy atom. The van der Waals surface area contributed by atoms with E-state index in [0.29, 0.717) is 6.54 Å². The van der Waals surface area contributed by atoms with Crippen LogP contribution in [-0.4, -0.2) is 17.0 Å². The van der Waals surface area contributed by atoms with Crippen LogP contribution in [0.1, 0.15) is 11.3 Å². The van der Waals surface area contributed by atoms with Gasteiger partial charge in [-0.3, -0.25) is 4.98 Å². The first-order chi connectivity index (χ1) is 8.29. The van der Waals surface area contributed by atoms with Crippen LogP contribution in [0.5, 0.6) is 0 Å². The molecule has 17 heavy (non-hydrogen) atoms. The Bertz CT molecular complexity index is 470. The molecule has 2 rings (SSSR count). The van der Waals surface area contributed by atoms with Crippen LogP contribution in [0.3, 0.4) is 0 Å². The first-order valence-corrected chi connectivity index (χ1v) is 5.55. The Morgan fingerprint density at radius 1 is 1.24 bits per heavy atom. The van der Waals surface area contributed by atoms with Crippen molar-refractivity contribution in [2.45, 2.75) is 13.1 Å². The van der Waals surface area contributed by atoms with Crippen molar-refractivity contribution >= 4 is 5.82 Å². The van der Waals surface area contributed by atoms with Crippen LogP contribution in [0, 0.1) is 0 Å². The van der Waals surface area contributed by atoms with E-state index in [1.165, 1.54) is 0 Å². The molecule has 0 bridgehead atoms. The molecule has 2 aromatic rings. The Kier molecular flexibility index (Phi) is 3.67. The molecule has 4 heteroatoms. The molecular weight excluding hydrogens is 212 g/mol. The van der Waals surface area contributed by atoms with Crippen molar-refractivity contribution in [3.63, 3.8) is 0 Å². The molecule has 0 saturated carbocycles. The van der Waals surface area contributed by atoms with Crippen LogP contribution >= 0.6 is 0 Å². The van der Waals surface area contributed by atoms with Crippen molar-refractivity contribution in [1.29, 1.82) is 0 Å². The molecule has 0 unspecified atom stereocenters.